The summed E-state index contributed by atoms with van der Waals surface area (Å²) in [6.07, 6.45) is 6.43. The number of rotatable bonds is 5. The molecule has 1 aliphatic carbocycles. The second-order valence-electron chi connectivity index (χ2n) is 7.64. The fourth-order valence-electron chi connectivity index (χ4n) is 4.22. The van der Waals surface area contributed by atoms with Crippen molar-refractivity contribution in [3.63, 3.8) is 0 Å². The maximum Gasteiger partial charge on any atom is 0.326 e. The van der Waals surface area contributed by atoms with Crippen LogP contribution in [-0.4, -0.2) is 53.1 Å². The van der Waals surface area contributed by atoms with Crippen molar-refractivity contribution < 1.29 is 24.2 Å². The van der Waals surface area contributed by atoms with Crippen LogP contribution in [0.15, 0.2) is 24.3 Å². The molecule has 1 saturated carbocycles. The standard InChI is InChI=1S/C21H28N2O5/c1-28-21(11-4-2-5-12-21)20(27)22-16-9-7-8-15(14-16)18(24)23-13-6-3-10-17(23)19(25)26/h7-9,14,17H,2-6,10-13H2,1H3,(H,22,27)(H,25,26). The van der Waals surface area contributed by atoms with E-state index in [1.807, 2.05) is 0 Å². The topological polar surface area (TPSA) is 95.9 Å². The average Bonchev–Trinajstić information content (AvgIpc) is 2.73. The number of carboxylic acids is 1. The molecule has 1 saturated heterocycles. The molecule has 1 heterocycles. The minimum absolute atomic E-state index is 0.194. The molecule has 2 amide bonds. The minimum Gasteiger partial charge on any atom is -0.480 e. The number of anilines is 1. The first kappa shape index (κ1) is 20.3. The van der Waals surface area contributed by atoms with Crippen LogP contribution in [0.2, 0.25) is 0 Å². The van der Waals surface area contributed by atoms with Gasteiger partial charge in [0.15, 0.2) is 0 Å². The molecule has 1 aromatic rings. The highest BCUT2D eigenvalue weighted by Gasteiger charge is 2.39. The third-order valence-electron chi connectivity index (χ3n) is 5.88. The number of nitrogens with zero attached hydrogens (tertiary/aromatic N) is 1. The van der Waals surface area contributed by atoms with Gasteiger partial charge in [0.05, 0.1) is 0 Å². The summed E-state index contributed by atoms with van der Waals surface area (Å²) in [6.45, 7) is 0.430. The van der Waals surface area contributed by atoms with Gasteiger partial charge in [-0.15, -0.1) is 0 Å². The number of hydrogen-bond acceptors (Lipinski definition) is 4. The molecule has 1 aliphatic heterocycles. The Morgan fingerprint density at radius 1 is 1.14 bits per heavy atom. The summed E-state index contributed by atoms with van der Waals surface area (Å²) in [7, 11) is 1.56. The molecular formula is C21H28N2O5. The number of methoxy groups -OCH3 is 1. The zero-order valence-electron chi connectivity index (χ0n) is 16.3. The first-order chi connectivity index (χ1) is 13.5. The molecule has 0 bridgehead atoms. The second kappa shape index (κ2) is 8.73. The molecule has 2 N–H and O–H groups in total. The van der Waals surface area contributed by atoms with Crippen molar-refractivity contribution in [3.8, 4) is 0 Å². The van der Waals surface area contributed by atoms with Crippen LogP contribution in [0.1, 0.15) is 61.7 Å². The molecule has 0 aromatic heterocycles. The first-order valence-electron chi connectivity index (χ1n) is 9.97. The molecule has 2 aliphatic rings. The predicted molar refractivity (Wildman–Crippen MR) is 104 cm³/mol. The lowest BCUT2D eigenvalue weighted by Gasteiger charge is -2.34. The molecule has 152 valence electrons. The number of carboxylic acid groups (broad SMARTS) is 1. The summed E-state index contributed by atoms with van der Waals surface area (Å²) in [4.78, 5) is 38.6. The van der Waals surface area contributed by atoms with Gasteiger partial charge in [0.1, 0.15) is 11.6 Å². The number of amides is 2. The van der Waals surface area contributed by atoms with E-state index in [4.69, 9.17) is 4.74 Å². The number of piperidine rings is 1. The number of carbonyl (C=O) groups excluding carboxylic acids is 2. The van der Waals surface area contributed by atoms with E-state index in [1.54, 1.807) is 31.4 Å². The Labute approximate surface area is 165 Å². The molecule has 1 unspecified atom stereocenters. The van der Waals surface area contributed by atoms with Crippen molar-refractivity contribution in [2.75, 3.05) is 19.0 Å². The van der Waals surface area contributed by atoms with Gasteiger partial charge in [-0.05, 0) is 50.3 Å². The van der Waals surface area contributed by atoms with Crippen LogP contribution < -0.4 is 5.32 Å². The van der Waals surface area contributed by atoms with Gasteiger partial charge in [-0.2, -0.15) is 0 Å². The van der Waals surface area contributed by atoms with Crippen molar-refractivity contribution in [1.29, 1.82) is 0 Å². The lowest BCUT2D eigenvalue weighted by atomic mass is 9.84. The Balaban J connectivity index is 1.75. The Bertz CT molecular complexity index is 742. The van der Waals surface area contributed by atoms with Gasteiger partial charge in [-0.3, -0.25) is 9.59 Å². The number of nitrogens with one attached hydrogen (secondary N) is 1. The van der Waals surface area contributed by atoms with Gasteiger partial charge in [-0.25, -0.2) is 4.79 Å². The summed E-state index contributed by atoms with van der Waals surface area (Å²) in [5.41, 5.74) is 0.0716. The SMILES string of the molecule is COC1(C(=O)Nc2cccc(C(=O)N3CCCCC3C(=O)O)c2)CCCCC1. The smallest absolute Gasteiger partial charge is 0.326 e. The summed E-state index contributed by atoms with van der Waals surface area (Å²) in [5.74, 6) is -1.49. The fourth-order valence-corrected chi connectivity index (χ4v) is 4.22. The molecule has 3 rings (SSSR count). The number of benzene rings is 1. The summed E-state index contributed by atoms with van der Waals surface area (Å²) < 4.78 is 5.57. The van der Waals surface area contributed by atoms with Crippen molar-refractivity contribution in [3.05, 3.63) is 29.8 Å². The van der Waals surface area contributed by atoms with E-state index in [2.05, 4.69) is 5.32 Å². The molecule has 1 atom stereocenters. The van der Waals surface area contributed by atoms with Crippen molar-refractivity contribution in [2.45, 2.75) is 63.0 Å². The molecule has 0 spiro atoms. The molecule has 0 radical (unpaired) electrons. The van der Waals surface area contributed by atoms with E-state index in [1.165, 1.54) is 4.90 Å². The number of ether oxygens (including phenoxy) is 1. The lowest BCUT2D eigenvalue weighted by Crippen LogP contribution is -2.48. The highest BCUT2D eigenvalue weighted by Crippen LogP contribution is 2.32. The second-order valence-corrected chi connectivity index (χ2v) is 7.64. The molecular weight excluding hydrogens is 360 g/mol. The van der Waals surface area contributed by atoms with Gasteiger partial charge in [0, 0.05) is 24.9 Å². The zero-order chi connectivity index (χ0) is 20.1. The molecule has 7 heteroatoms. The van der Waals surface area contributed by atoms with Gasteiger partial charge in [0.2, 0.25) is 0 Å². The first-order valence-corrected chi connectivity index (χ1v) is 9.97. The van der Waals surface area contributed by atoms with E-state index in [-0.39, 0.29) is 11.8 Å². The number of aliphatic carboxylic acids is 1. The van der Waals surface area contributed by atoms with Crippen molar-refractivity contribution in [1.82, 2.24) is 4.90 Å². The average molecular weight is 388 g/mol. The van der Waals surface area contributed by atoms with Crippen molar-refractivity contribution in [2.24, 2.45) is 0 Å². The van der Waals surface area contributed by atoms with E-state index in [0.717, 1.165) is 32.1 Å². The Morgan fingerprint density at radius 2 is 1.89 bits per heavy atom. The zero-order valence-corrected chi connectivity index (χ0v) is 16.3. The van der Waals surface area contributed by atoms with E-state index < -0.39 is 17.6 Å². The van der Waals surface area contributed by atoms with Gasteiger partial charge < -0.3 is 20.1 Å². The van der Waals surface area contributed by atoms with E-state index in [9.17, 15) is 19.5 Å². The third-order valence-corrected chi connectivity index (χ3v) is 5.88. The molecule has 28 heavy (non-hydrogen) atoms. The maximum absolute atomic E-state index is 12.9. The number of hydrogen-bond donors (Lipinski definition) is 2. The molecule has 7 nitrogen and oxygen atoms in total. The molecule has 1 aromatic carbocycles. The van der Waals surface area contributed by atoms with Crippen LogP contribution in [0.25, 0.3) is 0 Å². The Kier molecular flexibility index (Phi) is 6.34. The van der Waals surface area contributed by atoms with Crippen LogP contribution in [0, 0.1) is 0 Å². The molecule has 2 fully saturated rings. The van der Waals surface area contributed by atoms with E-state index in [0.29, 0.717) is 37.1 Å². The van der Waals surface area contributed by atoms with Crippen LogP contribution in [0.5, 0.6) is 0 Å². The highest BCUT2D eigenvalue weighted by atomic mass is 16.5. The lowest BCUT2D eigenvalue weighted by molar-refractivity contribution is -0.143. The Morgan fingerprint density at radius 3 is 2.57 bits per heavy atom. The van der Waals surface area contributed by atoms with Crippen LogP contribution in [-0.2, 0) is 14.3 Å². The Hall–Kier alpha value is -2.41. The fraction of sp³-hybridized carbons (Fsp3) is 0.571. The third kappa shape index (κ3) is 4.19. The van der Waals surface area contributed by atoms with E-state index >= 15 is 0 Å². The van der Waals surface area contributed by atoms with Crippen LogP contribution >= 0.6 is 0 Å². The summed E-state index contributed by atoms with van der Waals surface area (Å²) >= 11 is 0. The van der Waals surface area contributed by atoms with Gasteiger partial charge in [-0.1, -0.05) is 25.3 Å². The normalized spacial score (nSPS) is 21.8. The highest BCUT2D eigenvalue weighted by molar-refractivity contribution is 6.00. The van der Waals surface area contributed by atoms with Crippen molar-refractivity contribution >= 4 is 23.5 Å². The maximum atomic E-state index is 12.9. The minimum atomic E-state index is -0.975. The monoisotopic (exact) mass is 388 g/mol. The van der Waals surface area contributed by atoms with Crippen LogP contribution in [0.4, 0.5) is 5.69 Å². The predicted octanol–water partition coefficient (Wildman–Crippen LogP) is 3.05. The largest absolute Gasteiger partial charge is 0.480 e. The quantitative estimate of drug-likeness (QED) is 0.808. The van der Waals surface area contributed by atoms with Crippen LogP contribution in [0.3, 0.4) is 0 Å². The summed E-state index contributed by atoms with van der Waals surface area (Å²) in [5, 5.41) is 12.3. The number of carbonyl (C=O) groups is 3. The summed E-state index contributed by atoms with van der Waals surface area (Å²) in [6, 6.07) is 5.89. The van der Waals surface area contributed by atoms with Gasteiger partial charge in [0.25, 0.3) is 11.8 Å². The number of likely N-dealkylation sites (tertiary alicyclic amines) is 1. The van der Waals surface area contributed by atoms with Gasteiger partial charge >= 0.3 is 5.97 Å².